The molecule has 18 heavy (non-hydrogen) atoms. The lowest BCUT2D eigenvalue weighted by Crippen LogP contribution is -2.24. The molecule has 1 aliphatic carbocycles. The Morgan fingerprint density at radius 2 is 1.94 bits per heavy atom. The third kappa shape index (κ3) is 3.71. The summed E-state index contributed by atoms with van der Waals surface area (Å²) in [5.41, 5.74) is 1.12. The van der Waals surface area contributed by atoms with E-state index in [0.717, 1.165) is 12.0 Å². The second-order valence-electron chi connectivity index (χ2n) is 4.61. The number of hydrogen-bond donors (Lipinski definition) is 1. The normalized spacial score (nSPS) is 24.9. The zero-order valence-electron chi connectivity index (χ0n) is 9.73. The highest BCUT2D eigenvalue weighted by Crippen LogP contribution is 2.49. The zero-order chi connectivity index (χ0) is 13.2. The molecule has 1 aromatic rings. The van der Waals surface area contributed by atoms with Crippen molar-refractivity contribution in [2.45, 2.75) is 24.6 Å². The molecule has 5 heteroatoms. The molecule has 1 saturated carbocycles. The Bertz CT molecular complexity index is 378. The quantitative estimate of drug-likeness (QED) is 0.882. The minimum absolute atomic E-state index is 0.0145. The van der Waals surface area contributed by atoms with Crippen LogP contribution in [0.4, 0.5) is 13.2 Å². The number of benzene rings is 1. The van der Waals surface area contributed by atoms with E-state index < -0.39 is 18.9 Å². The summed E-state index contributed by atoms with van der Waals surface area (Å²) >= 11 is 0. The first kappa shape index (κ1) is 13.4. The Morgan fingerprint density at radius 1 is 1.28 bits per heavy atom. The first-order valence-corrected chi connectivity index (χ1v) is 5.85. The maximum Gasteiger partial charge on any atom is 0.411 e. The van der Waals surface area contributed by atoms with Gasteiger partial charge in [0.25, 0.3) is 0 Å². The van der Waals surface area contributed by atoms with Gasteiger partial charge >= 0.3 is 6.18 Å². The molecule has 0 radical (unpaired) electrons. The van der Waals surface area contributed by atoms with Crippen LogP contribution in [0.5, 0.6) is 0 Å². The highest BCUT2D eigenvalue weighted by Gasteiger charge is 2.43. The van der Waals surface area contributed by atoms with E-state index >= 15 is 0 Å². The van der Waals surface area contributed by atoms with Gasteiger partial charge in [0.2, 0.25) is 0 Å². The predicted molar refractivity (Wildman–Crippen MR) is 60.2 cm³/mol. The van der Waals surface area contributed by atoms with E-state index in [-0.39, 0.29) is 18.4 Å². The van der Waals surface area contributed by atoms with Gasteiger partial charge in [-0.2, -0.15) is 13.2 Å². The Balaban J connectivity index is 1.74. The van der Waals surface area contributed by atoms with Crippen molar-refractivity contribution in [3.8, 4) is 0 Å². The van der Waals surface area contributed by atoms with Crippen LogP contribution in [-0.4, -0.2) is 30.6 Å². The van der Waals surface area contributed by atoms with Gasteiger partial charge in [0.15, 0.2) is 0 Å². The molecule has 0 spiro atoms. The molecule has 2 rings (SSSR count). The molecule has 0 saturated heterocycles. The van der Waals surface area contributed by atoms with Gasteiger partial charge < -0.3 is 9.84 Å². The Hall–Kier alpha value is -1.07. The smallest absolute Gasteiger partial charge is 0.390 e. The van der Waals surface area contributed by atoms with Crippen LogP contribution in [0.25, 0.3) is 0 Å². The second-order valence-corrected chi connectivity index (χ2v) is 4.61. The molecule has 0 aliphatic heterocycles. The van der Waals surface area contributed by atoms with Gasteiger partial charge in [-0.25, -0.2) is 0 Å². The van der Waals surface area contributed by atoms with E-state index in [1.54, 1.807) is 0 Å². The molecular formula is C13H15F3O2. The summed E-state index contributed by atoms with van der Waals surface area (Å²) < 4.78 is 40.0. The molecule has 1 aliphatic rings. The third-order valence-corrected chi connectivity index (χ3v) is 3.12. The minimum Gasteiger partial charge on any atom is -0.390 e. The average Bonchev–Trinajstić information content (AvgIpc) is 3.08. The van der Waals surface area contributed by atoms with Gasteiger partial charge in [-0.05, 0) is 23.8 Å². The van der Waals surface area contributed by atoms with Crippen LogP contribution in [0.3, 0.4) is 0 Å². The van der Waals surface area contributed by atoms with Crippen LogP contribution in [0.15, 0.2) is 30.3 Å². The van der Waals surface area contributed by atoms with Gasteiger partial charge in [0.1, 0.15) is 6.61 Å². The number of alkyl halides is 3. The second kappa shape index (κ2) is 5.28. The fourth-order valence-electron chi connectivity index (χ4n) is 2.14. The van der Waals surface area contributed by atoms with E-state index in [1.165, 1.54) is 0 Å². The number of halogens is 3. The summed E-state index contributed by atoms with van der Waals surface area (Å²) in [4.78, 5) is 0. The summed E-state index contributed by atoms with van der Waals surface area (Å²) in [5, 5.41) is 9.73. The maximum atomic E-state index is 11.9. The summed E-state index contributed by atoms with van der Waals surface area (Å²) in [5.74, 6) is 0.260. The Kier molecular flexibility index (Phi) is 3.92. The molecule has 0 heterocycles. The van der Waals surface area contributed by atoms with Crippen LogP contribution in [0.2, 0.25) is 0 Å². The van der Waals surface area contributed by atoms with Crippen molar-refractivity contribution >= 4 is 0 Å². The standard InChI is InChI=1S/C13H15F3O2/c14-13(15,16)8-18-7-12(17)11-6-10(11)9-4-2-1-3-5-9/h1-5,10-12,17H,6-8H2. The van der Waals surface area contributed by atoms with Crippen LogP contribution in [0, 0.1) is 5.92 Å². The highest BCUT2D eigenvalue weighted by atomic mass is 19.4. The largest absolute Gasteiger partial charge is 0.411 e. The molecule has 1 aromatic carbocycles. The number of aliphatic hydroxyl groups is 1. The zero-order valence-corrected chi connectivity index (χ0v) is 9.73. The predicted octanol–water partition coefficient (Wildman–Crippen LogP) is 2.73. The van der Waals surface area contributed by atoms with Crippen molar-refractivity contribution in [2.75, 3.05) is 13.2 Å². The molecule has 0 aromatic heterocycles. The van der Waals surface area contributed by atoms with Gasteiger partial charge in [-0.15, -0.1) is 0 Å². The van der Waals surface area contributed by atoms with Crippen molar-refractivity contribution in [3.63, 3.8) is 0 Å². The molecule has 3 atom stereocenters. The van der Waals surface area contributed by atoms with Crippen LogP contribution < -0.4 is 0 Å². The van der Waals surface area contributed by atoms with E-state index in [0.29, 0.717) is 0 Å². The highest BCUT2D eigenvalue weighted by molar-refractivity contribution is 5.26. The SMILES string of the molecule is OC(COCC(F)(F)F)C1CC1c1ccccc1. The van der Waals surface area contributed by atoms with Crippen molar-refractivity contribution < 1.29 is 23.0 Å². The number of aliphatic hydroxyl groups excluding tert-OH is 1. The first-order chi connectivity index (χ1) is 8.47. The third-order valence-electron chi connectivity index (χ3n) is 3.12. The summed E-state index contributed by atoms with van der Waals surface area (Å²) in [6.45, 7) is -1.56. The molecule has 2 nitrogen and oxygen atoms in total. The minimum atomic E-state index is -4.33. The number of hydrogen-bond acceptors (Lipinski definition) is 2. The van der Waals surface area contributed by atoms with E-state index in [2.05, 4.69) is 4.74 Å². The first-order valence-electron chi connectivity index (χ1n) is 5.85. The topological polar surface area (TPSA) is 29.5 Å². The summed E-state index contributed by atoms with van der Waals surface area (Å²) in [6.07, 6.45) is -4.35. The van der Waals surface area contributed by atoms with E-state index in [4.69, 9.17) is 0 Å². The molecule has 1 N–H and O–H groups in total. The van der Waals surface area contributed by atoms with Crippen molar-refractivity contribution in [3.05, 3.63) is 35.9 Å². The Morgan fingerprint density at radius 3 is 2.56 bits per heavy atom. The fourth-order valence-corrected chi connectivity index (χ4v) is 2.14. The van der Waals surface area contributed by atoms with E-state index in [9.17, 15) is 18.3 Å². The van der Waals surface area contributed by atoms with Crippen LogP contribution >= 0.6 is 0 Å². The Labute approximate surface area is 103 Å². The van der Waals surface area contributed by atoms with E-state index in [1.807, 2.05) is 30.3 Å². The molecule has 1 fully saturated rings. The lowest BCUT2D eigenvalue weighted by molar-refractivity contribution is -0.179. The van der Waals surface area contributed by atoms with Crippen LogP contribution in [-0.2, 0) is 4.74 Å². The summed E-state index contributed by atoms with van der Waals surface area (Å²) in [6, 6.07) is 9.67. The maximum absolute atomic E-state index is 11.9. The van der Waals surface area contributed by atoms with Gasteiger partial charge in [0.05, 0.1) is 12.7 Å². The molecule has 100 valence electrons. The number of ether oxygens (including phenoxy) is 1. The lowest BCUT2D eigenvalue weighted by Gasteiger charge is -2.12. The number of rotatable bonds is 5. The molecule has 0 bridgehead atoms. The molecule has 0 amide bonds. The van der Waals surface area contributed by atoms with Crippen molar-refractivity contribution in [2.24, 2.45) is 5.92 Å². The van der Waals surface area contributed by atoms with Crippen molar-refractivity contribution in [1.29, 1.82) is 0 Å². The van der Waals surface area contributed by atoms with Crippen molar-refractivity contribution in [1.82, 2.24) is 0 Å². The average molecular weight is 260 g/mol. The van der Waals surface area contributed by atoms with Gasteiger partial charge in [0, 0.05) is 0 Å². The molecular weight excluding hydrogens is 245 g/mol. The summed E-state index contributed by atoms with van der Waals surface area (Å²) in [7, 11) is 0. The van der Waals surface area contributed by atoms with Gasteiger partial charge in [-0.1, -0.05) is 30.3 Å². The molecule has 3 unspecified atom stereocenters. The van der Waals surface area contributed by atoms with Crippen LogP contribution in [0.1, 0.15) is 17.9 Å². The van der Waals surface area contributed by atoms with Gasteiger partial charge in [-0.3, -0.25) is 0 Å². The lowest BCUT2D eigenvalue weighted by atomic mass is 10.1. The monoisotopic (exact) mass is 260 g/mol. The fraction of sp³-hybridized carbons (Fsp3) is 0.538.